The fourth-order valence-electron chi connectivity index (χ4n) is 3.74. The van der Waals surface area contributed by atoms with Crippen molar-refractivity contribution in [1.29, 1.82) is 0 Å². The summed E-state index contributed by atoms with van der Waals surface area (Å²) in [6.45, 7) is 3.16. The molecule has 1 aliphatic rings. The molecule has 1 atom stereocenters. The molecule has 2 aromatic carbocycles. The molecule has 6 heteroatoms. The summed E-state index contributed by atoms with van der Waals surface area (Å²) in [5.41, 5.74) is 4.56. The van der Waals surface area contributed by atoms with E-state index in [2.05, 4.69) is 15.0 Å². The monoisotopic (exact) mass is 386 g/mol. The van der Waals surface area contributed by atoms with Crippen LogP contribution in [0.1, 0.15) is 28.7 Å². The number of aliphatic hydroxyl groups excluding tert-OH is 1. The largest absolute Gasteiger partial charge is 0.444 e. The van der Waals surface area contributed by atoms with Gasteiger partial charge in [-0.2, -0.15) is 5.10 Å². The molecular formula is C23H22N4O2. The average Bonchev–Trinajstić information content (AvgIpc) is 3.41. The lowest BCUT2D eigenvalue weighted by atomic mass is 10.1. The van der Waals surface area contributed by atoms with Crippen LogP contribution in [0, 0.1) is 0 Å². The number of hydrogen-bond acceptors (Lipinski definition) is 5. The molecule has 6 nitrogen and oxygen atoms in total. The van der Waals surface area contributed by atoms with E-state index in [1.165, 1.54) is 0 Å². The van der Waals surface area contributed by atoms with Crippen LogP contribution in [0.15, 0.2) is 77.4 Å². The number of aromatic nitrogens is 3. The standard InChI is InChI=1S/C23H22N4O2/c28-22(17-7-3-1-4-8-17)21-13-20-15-26(11-12-27(20)25-21)14-19-16-29-23(24-19)18-9-5-2-6-10-18/h1-10,13,16,22,28H,11-12,14-15H2. The summed E-state index contributed by atoms with van der Waals surface area (Å²) in [6.07, 6.45) is 1.03. The molecule has 0 bridgehead atoms. The van der Waals surface area contributed by atoms with Crippen molar-refractivity contribution in [1.82, 2.24) is 19.7 Å². The van der Waals surface area contributed by atoms with Crippen LogP contribution in [0.4, 0.5) is 0 Å². The van der Waals surface area contributed by atoms with Crippen LogP contribution in [0.3, 0.4) is 0 Å². The first-order valence-corrected chi connectivity index (χ1v) is 9.78. The molecule has 1 aliphatic heterocycles. The van der Waals surface area contributed by atoms with E-state index in [0.717, 1.165) is 48.7 Å². The van der Waals surface area contributed by atoms with Gasteiger partial charge in [-0.1, -0.05) is 48.5 Å². The maximum Gasteiger partial charge on any atom is 0.226 e. The lowest BCUT2D eigenvalue weighted by Gasteiger charge is -2.26. The minimum absolute atomic E-state index is 0.649. The van der Waals surface area contributed by atoms with E-state index in [-0.39, 0.29) is 0 Å². The highest BCUT2D eigenvalue weighted by molar-refractivity contribution is 5.52. The molecule has 0 radical (unpaired) electrons. The summed E-state index contributed by atoms with van der Waals surface area (Å²) < 4.78 is 7.65. The number of rotatable bonds is 5. The number of fused-ring (bicyclic) bond motifs is 1. The van der Waals surface area contributed by atoms with Crippen molar-refractivity contribution in [2.75, 3.05) is 6.54 Å². The molecule has 146 valence electrons. The van der Waals surface area contributed by atoms with E-state index in [1.54, 1.807) is 6.26 Å². The van der Waals surface area contributed by atoms with Gasteiger partial charge in [-0.15, -0.1) is 0 Å². The number of benzene rings is 2. The zero-order valence-electron chi connectivity index (χ0n) is 16.0. The zero-order valence-corrected chi connectivity index (χ0v) is 16.0. The van der Waals surface area contributed by atoms with Crippen LogP contribution in [0.2, 0.25) is 0 Å². The highest BCUT2D eigenvalue weighted by Crippen LogP contribution is 2.24. The molecule has 0 saturated heterocycles. The highest BCUT2D eigenvalue weighted by Gasteiger charge is 2.22. The molecule has 4 aromatic rings. The zero-order chi connectivity index (χ0) is 19.6. The Morgan fingerprint density at radius 1 is 1.00 bits per heavy atom. The van der Waals surface area contributed by atoms with Gasteiger partial charge in [-0.05, 0) is 23.8 Å². The maximum atomic E-state index is 10.6. The third kappa shape index (κ3) is 3.72. The molecular weight excluding hydrogens is 364 g/mol. The first-order chi connectivity index (χ1) is 14.3. The fraction of sp³-hybridized carbons (Fsp3) is 0.217. The minimum Gasteiger partial charge on any atom is -0.444 e. The lowest BCUT2D eigenvalue weighted by Crippen LogP contribution is -2.33. The van der Waals surface area contributed by atoms with Gasteiger partial charge in [-0.3, -0.25) is 9.58 Å². The molecule has 0 saturated carbocycles. The Kier molecular flexibility index (Phi) is 4.71. The van der Waals surface area contributed by atoms with E-state index in [9.17, 15) is 5.11 Å². The third-order valence-electron chi connectivity index (χ3n) is 5.25. The second-order valence-corrected chi connectivity index (χ2v) is 7.32. The van der Waals surface area contributed by atoms with Gasteiger partial charge in [-0.25, -0.2) is 4.98 Å². The van der Waals surface area contributed by atoms with E-state index in [1.807, 2.05) is 71.4 Å². The molecule has 3 heterocycles. The Bertz CT molecular complexity index is 1090. The molecule has 2 aromatic heterocycles. The molecule has 1 N–H and O–H groups in total. The molecule has 0 fully saturated rings. The van der Waals surface area contributed by atoms with Crippen LogP contribution >= 0.6 is 0 Å². The smallest absolute Gasteiger partial charge is 0.226 e. The van der Waals surface area contributed by atoms with Crippen molar-refractivity contribution < 1.29 is 9.52 Å². The van der Waals surface area contributed by atoms with Crippen molar-refractivity contribution in [3.63, 3.8) is 0 Å². The summed E-state index contributed by atoms with van der Waals surface area (Å²) >= 11 is 0. The Morgan fingerprint density at radius 2 is 1.76 bits per heavy atom. The van der Waals surface area contributed by atoms with Crippen LogP contribution in [-0.4, -0.2) is 31.3 Å². The summed E-state index contributed by atoms with van der Waals surface area (Å²) in [7, 11) is 0. The van der Waals surface area contributed by atoms with Crippen molar-refractivity contribution in [3.05, 3.63) is 95.6 Å². The molecule has 29 heavy (non-hydrogen) atoms. The quantitative estimate of drug-likeness (QED) is 0.567. The molecule has 0 amide bonds. The van der Waals surface area contributed by atoms with E-state index in [0.29, 0.717) is 11.6 Å². The van der Waals surface area contributed by atoms with Gasteiger partial charge in [0.25, 0.3) is 0 Å². The van der Waals surface area contributed by atoms with Gasteiger partial charge >= 0.3 is 0 Å². The second-order valence-electron chi connectivity index (χ2n) is 7.32. The summed E-state index contributed by atoms with van der Waals surface area (Å²) in [6, 6.07) is 21.6. The average molecular weight is 386 g/mol. The molecule has 0 aliphatic carbocycles. The predicted octanol–water partition coefficient (Wildman–Crippen LogP) is 3.64. The van der Waals surface area contributed by atoms with E-state index in [4.69, 9.17) is 4.42 Å². The second kappa shape index (κ2) is 7.66. The van der Waals surface area contributed by atoms with Crippen molar-refractivity contribution >= 4 is 0 Å². The normalized spacial score (nSPS) is 15.2. The van der Waals surface area contributed by atoms with Gasteiger partial charge < -0.3 is 9.52 Å². The van der Waals surface area contributed by atoms with Gasteiger partial charge in [0.05, 0.1) is 23.6 Å². The number of oxazole rings is 1. The number of nitrogens with zero attached hydrogens (tertiary/aromatic N) is 4. The van der Waals surface area contributed by atoms with Crippen molar-refractivity contribution in [2.45, 2.75) is 25.7 Å². The van der Waals surface area contributed by atoms with Crippen molar-refractivity contribution in [2.24, 2.45) is 0 Å². The van der Waals surface area contributed by atoms with Gasteiger partial charge in [0.1, 0.15) is 12.4 Å². The van der Waals surface area contributed by atoms with Crippen molar-refractivity contribution in [3.8, 4) is 11.5 Å². The van der Waals surface area contributed by atoms with Gasteiger partial charge in [0.2, 0.25) is 5.89 Å². The third-order valence-corrected chi connectivity index (χ3v) is 5.25. The minimum atomic E-state index is -0.702. The van der Waals surface area contributed by atoms with Crippen LogP contribution in [-0.2, 0) is 19.6 Å². The Morgan fingerprint density at radius 3 is 2.55 bits per heavy atom. The van der Waals surface area contributed by atoms with Gasteiger partial charge in [0, 0.05) is 25.2 Å². The first-order valence-electron chi connectivity index (χ1n) is 9.78. The number of aliphatic hydroxyl groups is 1. The van der Waals surface area contributed by atoms with E-state index >= 15 is 0 Å². The Hall–Kier alpha value is -3.22. The highest BCUT2D eigenvalue weighted by atomic mass is 16.3. The lowest BCUT2D eigenvalue weighted by molar-refractivity contribution is 0.198. The predicted molar refractivity (Wildman–Crippen MR) is 109 cm³/mol. The molecule has 0 spiro atoms. The summed E-state index contributed by atoms with van der Waals surface area (Å²) in [4.78, 5) is 6.95. The van der Waals surface area contributed by atoms with E-state index < -0.39 is 6.10 Å². The van der Waals surface area contributed by atoms with Crippen LogP contribution in [0.25, 0.3) is 11.5 Å². The maximum absolute atomic E-state index is 10.6. The van der Waals surface area contributed by atoms with Crippen LogP contribution < -0.4 is 0 Å². The number of hydrogen-bond donors (Lipinski definition) is 1. The Balaban J connectivity index is 1.28. The summed E-state index contributed by atoms with van der Waals surface area (Å²) in [5, 5.41) is 15.3. The van der Waals surface area contributed by atoms with Gasteiger partial charge in [0.15, 0.2) is 0 Å². The topological polar surface area (TPSA) is 67.3 Å². The molecule has 5 rings (SSSR count). The fourth-order valence-corrected chi connectivity index (χ4v) is 3.74. The Labute approximate surface area is 169 Å². The first kappa shape index (κ1) is 17.8. The summed E-state index contributed by atoms with van der Waals surface area (Å²) in [5.74, 6) is 0.649. The SMILES string of the molecule is OC(c1ccccc1)c1cc2n(n1)CCN(Cc1coc(-c3ccccc3)n1)C2. The molecule has 1 unspecified atom stereocenters. The van der Waals surface area contributed by atoms with Crippen LogP contribution in [0.5, 0.6) is 0 Å².